The Kier molecular flexibility index (Phi) is 11.0. The average Bonchev–Trinajstić information content (AvgIpc) is 3.57. The van der Waals surface area contributed by atoms with Crippen LogP contribution < -0.4 is 27.0 Å². The van der Waals surface area contributed by atoms with Gasteiger partial charge in [0.05, 0.1) is 6.54 Å². The van der Waals surface area contributed by atoms with Crippen molar-refractivity contribution in [2.75, 3.05) is 26.7 Å². The first kappa shape index (κ1) is 33.3. The SMILES string of the molecule is CC(C)[C@@H]1C[C@@H](C(=O)NC(NC2CCC2)C(=O)C(N)=O)N(C(=O)[C@@H](NC(=O)NCC(=O)N(C)CC2CC2)C(C)(C)C)C1. The van der Waals surface area contributed by atoms with Crippen LogP contribution in [0.15, 0.2) is 0 Å². The van der Waals surface area contributed by atoms with Gasteiger partial charge in [0.25, 0.3) is 11.7 Å². The topological polar surface area (TPSA) is 183 Å². The van der Waals surface area contributed by atoms with Gasteiger partial charge in [-0.15, -0.1) is 0 Å². The Bertz CT molecular complexity index is 1050. The molecular formula is C29H49N7O6. The predicted octanol–water partition coefficient (Wildman–Crippen LogP) is 0.0806. The molecule has 0 aromatic rings. The minimum Gasteiger partial charge on any atom is -0.363 e. The van der Waals surface area contributed by atoms with Crippen molar-refractivity contribution in [3.8, 4) is 0 Å². The lowest BCUT2D eigenvalue weighted by molar-refractivity contribution is -0.143. The number of ketones is 1. The molecule has 2 aliphatic carbocycles. The zero-order valence-electron chi connectivity index (χ0n) is 25.8. The van der Waals surface area contributed by atoms with Crippen LogP contribution in [0.3, 0.4) is 0 Å². The van der Waals surface area contributed by atoms with Gasteiger partial charge in [0.2, 0.25) is 17.7 Å². The third-order valence-electron chi connectivity index (χ3n) is 8.60. The first-order chi connectivity index (χ1) is 19.6. The Balaban J connectivity index is 1.72. The molecule has 6 amide bonds. The summed E-state index contributed by atoms with van der Waals surface area (Å²) in [6.45, 7) is 10.2. The molecule has 2 saturated carbocycles. The van der Waals surface area contributed by atoms with E-state index in [1.807, 2.05) is 13.8 Å². The van der Waals surface area contributed by atoms with E-state index in [9.17, 15) is 28.8 Å². The molecule has 42 heavy (non-hydrogen) atoms. The predicted molar refractivity (Wildman–Crippen MR) is 155 cm³/mol. The fourth-order valence-corrected chi connectivity index (χ4v) is 5.29. The van der Waals surface area contributed by atoms with Crippen LogP contribution in [0.1, 0.15) is 73.1 Å². The molecule has 0 radical (unpaired) electrons. The Morgan fingerprint density at radius 3 is 2.14 bits per heavy atom. The van der Waals surface area contributed by atoms with E-state index in [0.717, 1.165) is 32.1 Å². The molecule has 0 aromatic carbocycles. The summed E-state index contributed by atoms with van der Waals surface area (Å²) < 4.78 is 0. The maximum Gasteiger partial charge on any atom is 0.315 e. The van der Waals surface area contributed by atoms with E-state index in [0.29, 0.717) is 25.4 Å². The van der Waals surface area contributed by atoms with Crippen LogP contribution in [-0.4, -0.2) is 96.2 Å². The van der Waals surface area contributed by atoms with Gasteiger partial charge in [0.15, 0.2) is 0 Å². The molecular weight excluding hydrogens is 542 g/mol. The lowest BCUT2D eigenvalue weighted by Gasteiger charge is -2.36. The Morgan fingerprint density at radius 2 is 1.64 bits per heavy atom. The number of likely N-dealkylation sites (tertiary alicyclic amines) is 1. The Hall–Kier alpha value is -3.22. The standard InChI is InChI=1S/C29H49N7O6/c1-16(2)18-12-20(26(40)34-25(22(38)24(30)39)32-19-8-7-9-19)36(15-18)27(41)23(29(3,4)5)33-28(42)31-13-21(37)35(6)14-17-10-11-17/h16-20,23,25,32H,7-15H2,1-6H3,(H2,30,39)(H,34,40)(H2,31,33,42)/t18-,20+,23-,25?/m1/s1. The number of rotatable bonds is 13. The summed E-state index contributed by atoms with van der Waals surface area (Å²) in [7, 11) is 1.70. The van der Waals surface area contributed by atoms with Gasteiger partial charge in [0.1, 0.15) is 18.2 Å². The van der Waals surface area contributed by atoms with Crippen molar-refractivity contribution in [3.63, 3.8) is 0 Å². The largest absolute Gasteiger partial charge is 0.363 e. The number of nitrogens with zero attached hydrogens (tertiary/aromatic N) is 2. The van der Waals surface area contributed by atoms with Crippen LogP contribution in [-0.2, 0) is 24.0 Å². The lowest BCUT2D eigenvalue weighted by atomic mass is 9.85. The van der Waals surface area contributed by atoms with Crippen molar-refractivity contribution in [2.45, 2.75) is 97.4 Å². The number of likely N-dealkylation sites (N-methyl/N-ethyl adjacent to an activating group) is 1. The molecule has 13 nitrogen and oxygen atoms in total. The van der Waals surface area contributed by atoms with Gasteiger partial charge in [0, 0.05) is 26.2 Å². The second kappa shape index (κ2) is 13.8. The van der Waals surface area contributed by atoms with Crippen molar-refractivity contribution in [1.82, 2.24) is 31.1 Å². The van der Waals surface area contributed by atoms with E-state index in [4.69, 9.17) is 5.73 Å². The Labute approximate surface area is 248 Å². The van der Waals surface area contributed by atoms with Gasteiger partial charge in [-0.3, -0.25) is 29.3 Å². The maximum absolute atomic E-state index is 14.0. The summed E-state index contributed by atoms with van der Waals surface area (Å²) >= 11 is 0. The molecule has 1 unspecified atom stereocenters. The van der Waals surface area contributed by atoms with Gasteiger partial charge in [-0.2, -0.15) is 0 Å². The first-order valence-corrected chi connectivity index (χ1v) is 15.1. The van der Waals surface area contributed by atoms with Crippen molar-refractivity contribution in [1.29, 1.82) is 0 Å². The second-order valence-corrected chi connectivity index (χ2v) is 13.6. The van der Waals surface area contributed by atoms with Crippen LogP contribution in [0.2, 0.25) is 0 Å². The lowest BCUT2D eigenvalue weighted by Crippen LogP contribution is -2.62. The number of hydrogen-bond donors (Lipinski definition) is 5. The van der Waals surface area contributed by atoms with Gasteiger partial charge >= 0.3 is 6.03 Å². The highest BCUT2D eigenvalue weighted by Gasteiger charge is 2.46. The normalized spacial score (nSPS) is 22.1. The smallest absolute Gasteiger partial charge is 0.315 e. The highest BCUT2D eigenvalue weighted by molar-refractivity contribution is 6.37. The van der Waals surface area contributed by atoms with Crippen LogP contribution in [0.4, 0.5) is 4.79 Å². The average molecular weight is 592 g/mol. The number of hydrogen-bond acceptors (Lipinski definition) is 7. The van der Waals surface area contributed by atoms with E-state index < -0.39 is 53.2 Å². The van der Waals surface area contributed by atoms with Crippen molar-refractivity contribution >= 4 is 35.4 Å². The third kappa shape index (κ3) is 8.89. The minimum absolute atomic E-state index is 0.00338. The van der Waals surface area contributed by atoms with Crippen molar-refractivity contribution in [2.24, 2.45) is 28.9 Å². The number of nitrogens with two attached hydrogens (primary N) is 1. The monoisotopic (exact) mass is 591 g/mol. The van der Waals surface area contributed by atoms with Gasteiger partial charge in [-0.05, 0) is 55.3 Å². The molecule has 1 saturated heterocycles. The molecule has 1 heterocycles. The molecule has 6 N–H and O–H groups in total. The van der Waals surface area contributed by atoms with Gasteiger partial charge in [-0.25, -0.2) is 4.79 Å². The number of primary amides is 1. The van der Waals surface area contributed by atoms with Crippen LogP contribution in [0, 0.1) is 23.2 Å². The summed E-state index contributed by atoms with van der Waals surface area (Å²) in [5.74, 6) is -2.65. The second-order valence-electron chi connectivity index (χ2n) is 13.6. The van der Waals surface area contributed by atoms with Crippen LogP contribution in [0.25, 0.3) is 0 Å². The maximum atomic E-state index is 14.0. The molecule has 3 rings (SSSR count). The fraction of sp³-hybridized carbons (Fsp3) is 0.793. The van der Waals surface area contributed by atoms with Crippen LogP contribution in [0.5, 0.6) is 0 Å². The number of carbonyl (C=O) groups excluding carboxylic acids is 6. The summed E-state index contributed by atoms with van der Waals surface area (Å²) in [5.41, 5.74) is 4.51. The molecule has 3 fully saturated rings. The summed E-state index contributed by atoms with van der Waals surface area (Å²) in [5, 5.41) is 10.9. The number of Topliss-reactive ketones (excluding diaryl/α,β-unsaturated/α-hetero) is 1. The van der Waals surface area contributed by atoms with Gasteiger partial charge in [-0.1, -0.05) is 41.0 Å². The number of nitrogens with one attached hydrogen (secondary N) is 4. The molecule has 3 aliphatic rings. The third-order valence-corrected chi connectivity index (χ3v) is 8.60. The molecule has 0 bridgehead atoms. The molecule has 4 atom stereocenters. The van der Waals surface area contributed by atoms with E-state index in [1.165, 1.54) is 4.90 Å². The van der Waals surface area contributed by atoms with E-state index >= 15 is 0 Å². The molecule has 0 spiro atoms. The van der Waals surface area contributed by atoms with Crippen molar-refractivity contribution < 1.29 is 28.8 Å². The summed E-state index contributed by atoms with van der Waals surface area (Å²) in [6, 6.07) is -2.59. The first-order valence-electron chi connectivity index (χ1n) is 15.1. The quantitative estimate of drug-likeness (QED) is 0.148. The van der Waals surface area contributed by atoms with Gasteiger partial charge < -0.3 is 31.5 Å². The highest BCUT2D eigenvalue weighted by Crippen LogP contribution is 2.32. The molecule has 236 valence electrons. The zero-order valence-corrected chi connectivity index (χ0v) is 25.8. The highest BCUT2D eigenvalue weighted by atomic mass is 16.2. The number of carbonyl (C=O) groups is 6. The van der Waals surface area contributed by atoms with E-state index in [-0.39, 0.29) is 30.3 Å². The number of amides is 6. The fourth-order valence-electron chi connectivity index (χ4n) is 5.29. The molecule has 1 aliphatic heterocycles. The molecule has 0 aromatic heterocycles. The number of urea groups is 1. The van der Waals surface area contributed by atoms with Crippen LogP contribution >= 0.6 is 0 Å². The summed E-state index contributed by atoms with van der Waals surface area (Å²) in [4.78, 5) is 80.1. The van der Waals surface area contributed by atoms with Crippen molar-refractivity contribution in [3.05, 3.63) is 0 Å². The Morgan fingerprint density at radius 1 is 1.00 bits per heavy atom. The van der Waals surface area contributed by atoms with E-state index in [2.05, 4.69) is 21.3 Å². The van der Waals surface area contributed by atoms with E-state index in [1.54, 1.807) is 32.7 Å². The molecule has 13 heteroatoms. The summed E-state index contributed by atoms with van der Waals surface area (Å²) in [6.07, 6.45) is 3.88. The zero-order chi connectivity index (χ0) is 31.4. The minimum atomic E-state index is -1.28.